The molecule has 5 N–H and O–H groups in total. The monoisotopic (exact) mass is 1530 g/mol. The molecule has 0 aliphatic heterocycles. The summed E-state index contributed by atoms with van der Waals surface area (Å²) in [6, 6.07) is 8.01. The van der Waals surface area contributed by atoms with Gasteiger partial charge in [0.25, 0.3) is 25.0 Å². The van der Waals surface area contributed by atoms with Crippen molar-refractivity contribution in [3.63, 3.8) is 0 Å². The molecule has 2 aliphatic rings. The summed E-state index contributed by atoms with van der Waals surface area (Å²) in [5.41, 5.74) is -2.11. The molecule has 2 aliphatic carbocycles. The Balaban J connectivity index is 0.000000419. The standard InChI is InChI=1S/C20H20ClF3N6O4S.C14H11ClF3N3O3.C7H12ClN2O2S.CH3I.BH.H3N.U/c1-11-16(12(2)29(3)26-11)35(32,33)28-18(31)13-4-5-14(25-17(13)21)30-9-6-15(27-30)34-10-19(7-8-19)20(22,23)24;15-11-8(12(22)23)1-2-9(19-11)21-6-3-10(20-21)24-7-13(4-5-13)14(16,17)18;1-5-7(13(8,11)12)6(2)10(4)9(5)3;1-2;;;/h4-6,9H,7-8,10H2,1-3H3,(H,28,31);1-3,6H,4-5,7H2,(H,22,23);1-4H3;1H3;1H;1H3;/q;;+1;;;;/i;;;2*1D;;. The molecule has 35 heteroatoms. The average molecular weight is 1530 g/mol. The fourth-order valence-corrected chi connectivity index (χ4v) is 10.4. The number of halogens is 10. The van der Waals surface area contributed by atoms with Crippen molar-refractivity contribution in [1.29, 1.82) is 1.34 Å². The molecule has 420 valence electrons. The second kappa shape index (κ2) is 26.4. The number of alkyl halides is 7. The van der Waals surface area contributed by atoms with Crippen molar-refractivity contribution in [2.45, 2.75) is 75.5 Å². The van der Waals surface area contributed by atoms with Gasteiger partial charge in [-0.05, 0) is 77.0 Å². The number of aryl methyl sites for hydroxylation is 2. The Kier molecular flexibility index (Phi) is 22.4. The van der Waals surface area contributed by atoms with Gasteiger partial charge in [0, 0.05) is 90.0 Å². The molecular weight excluding hydrogens is 1480 g/mol. The molecule has 0 spiro atoms. The molecular formula is C42H50BCl3F6IN12O9S2U+. The summed E-state index contributed by atoms with van der Waals surface area (Å²) in [4.78, 5) is 32.0. The largest absolute Gasteiger partial charge is 0.478 e. The van der Waals surface area contributed by atoms with E-state index >= 15 is 0 Å². The van der Waals surface area contributed by atoms with Crippen molar-refractivity contribution >= 4 is 95.8 Å². The molecule has 21 nitrogen and oxygen atoms in total. The fourth-order valence-electron chi connectivity index (χ4n) is 6.93. The van der Waals surface area contributed by atoms with Gasteiger partial charge in [-0.1, -0.05) is 45.8 Å². The summed E-state index contributed by atoms with van der Waals surface area (Å²) in [6.07, 6.45) is -5.70. The van der Waals surface area contributed by atoms with E-state index in [9.17, 15) is 52.8 Å². The number of nitrogens with zero attached hydrogens (tertiary/aromatic N) is 10. The van der Waals surface area contributed by atoms with Crippen LogP contribution < -0.4 is 25.0 Å². The first kappa shape index (κ1) is 65.4. The molecule has 2 saturated carbocycles. The van der Waals surface area contributed by atoms with E-state index in [-0.39, 0.29) is 123 Å². The molecule has 77 heavy (non-hydrogen) atoms. The maximum absolute atomic E-state index is 13.1. The third-order valence-corrected chi connectivity index (χ3v) is 15.6. The number of carboxylic acids is 1. The number of hydrogen-bond acceptors (Lipinski definition) is 14. The van der Waals surface area contributed by atoms with Gasteiger partial charge in [-0.2, -0.15) is 36.1 Å². The molecule has 0 atom stereocenters. The molecule has 6 aromatic rings. The average Bonchev–Trinajstić information content (AvgIpc) is 4.16. The minimum atomic E-state index is -4.34. The van der Waals surface area contributed by atoms with Gasteiger partial charge >= 0.3 is 18.3 Å². The molecule has 0 saturated heterocycles. The van der Waals surface area contributed by atoms with Gasteiger partial charge in [0.1, 0.15) is 39.2 Å². The number of hydrogen-bond donors (Lipinski definition) is 3. The Hall–Kier alpha value is -4.16. The first-order valence-electron chi connectivity index (χ1n) is 22.4. The molecule has 0 unspecified atom stereocenters. The number of carboxylic acid groups (broad SMARTS) is 1. The Morgan fingerprint density at radius 2 is 1.22 bits per heavy atom. The van der Waals surface area contributed by atoms with Crippen LogP contribution in [0.3, 0.4) is 0 Å². The summed E-state index contributed by atoms with van der Waals surface area (Å²) in [7, 11) is 6.33. The number of aromatic carboxylic acids is 1. The molecule has 6 heterocycles. The van der Waals surface area contributed by atoms with Crippen molar-refractivity contribution in [3.05, 3.63) is 93.0 Å². The number of pyridine rings is 2. The van der Waals surface area contributed by atoms with Crippen molar-refractivity contribution < 1.29 is 105 Å². The van der Waals surface area contributed by atoms with Gasteiger partial charge in [-0.25, -0.2) is 45.7 Å². The van der Waals surface area contributed by atoms with Crippen molar-refractivity contribution in [2.24, 2.45) is 32.0 Å². The first-order valence-corrected chi connectivity index (χ1v) is 27.2. The second-order valence-electron chi connectivity index (χ2n) is 16.7. The third-order valence-electron chi connectivity index (χ3n) is 11.9. The van der Waals surface area contributed by atoms with Crippen LogP contribution in [0, 0.1) is 69.6 Å². The summed E-state index contributed by atoms with van der Waals surface area (Å²) >= 11 is 13.8. The van der Waals surface area contributed by atoms with Crippen molar-refractivity contribution in [1.82, 2.24) is 54.9 Å². The Labute approximate surface area is 494 Å². The quantitative estimate of drug-likeness (QED) is 0.0193. The van der Waals surface area contributed by atoms with Crippen LogP contribution in [0.2, 0.25) is 10.3 Å². The molecule has 1 amide bonds. The number of carbonyl (C=O) groups excluding carboxylic acids is 1. The molecule has 0 bridgehead atoms. The van der Waals surface area contributed by atoms with E-state index in [2.05, 4.69) is 33.6 Å². The van der Waals surface area contributed by atoms with Crippen LogP contribution in [-0.2, 0) is 40.2 Å². The Morgan fingerprint density at radius 1 is 0.805 bits per heavy atom. The predicted molar refractivity (Wildman–Crippen MR) is 275 cm³/mol. The van der Waals surface area contributed by atoms with E-state index in [4.69, 9.17) is 51.2 Å². The third kappa shape index (κ3) is 15.8. The Bertz CT molecular complexity index is 3330. The zero-order valence-electron chi connectivity index (χ0n) is 43.6. The van der Waals surface area contributed by atoms with Gasteiger partial charge in [-0.3, -0.25) is 9.48 Å². The molecule has 0 aromatic carbocycles. The van der Waals surface area contributed by atoms with Gasteiger partial charge in [0.05, 0.1) is 35.3 Å². The summed E-state index contributed by atoms with van der Waals surface area (Å²) in [5, 5.41) is 20.4. The van der Waals surface area contributed by atoms with Crippen LogP contribution in [0.1, 0.15) is 70.5 Å². The number of carbonyl (C=O) groups is 2. The molecule has 6 aromatic heterocycles. The van der Waals surface area contributed by atoms with Crippen LogP contribution in [-0.4, -0.2) is 118 Å². The van der Waals surface area contributed by atoms with Crippen LogP contribution >= 0.6 is 56.5 Å². The zero-order chi connectivity index (χ0) is 58.4. The van der Waals surface area contributed by atoms with Crippen LogP contribution in [0.5, 0.6) is 11.8 Å². The number of sulfonamides is 1. The summed E-state index contributed by atoms with van der Waals surface area (Å²) < 4.78 is 157. The predicted octanol–water partition coefficient (Wildman–Crippen LogP) is 7.41. The topological polar surface area (TPSA) is 276 Å². The minimum Gasteiger partial charge on any atom is -0.478 e. The van der Waals surface area contributed by atoms with E-state index in [1.165, 1.54) is 69.8 Å². The normalized spacial score (nSPS) is 14.2. The number of rotatable bonds is 13. The number of aromatic nitrogens is 10. The molecule has 8 rings (SSSR count). The Morgan fingerprint density at radius 3 is 1.52 bits per heavy atom. The van der Waals surface area contributed by atoms with Gasteiger partial charge in [-0.15, -0.1) is 14.9 Å². The summed E-state index contributed by atoms with van der Waals surface area (Å²) in [5.74, 6) is -1.87. The van der Waals surface area contributed by atoms with E-state index in [0.717, 1.165) is 0 Å². The zero-order valence-corrected chi connectivity index (χ0v) is 51.9. The smallest absolute Gasteiger partial charge is 0.397 e. The maximum atomic E-state index is 13.1. The molecule has 2 radical (unpaired) electrons. The maximum Gasteiger partial charge on any atom is 0.397 e. The first-order chi connectivity index (χ1) is 35.6. The summed E-state index contributed by atoms with van der Waals surface area (Å²) in [6.45, 7) is 5.48. The SMILES string of the molecule is Cc1c(S(=O)(=O)Cl)c(C)[n+](C)n1C.Cc1nn(C)c(C)c1S(=O)(=O)NC(=O)c1ccc(-n2ccc(OCC3(C(F)(F)F)CC3)n2)nc1Cl.N.O=C(O)c1ccc(-n2ccc(OCC3(C(F)(F)F)CC3)n2)nc1Cl.[2H]CI.[2H][B].[U]. The van der Waals surface area contributed by atoms with E-state index < -0.39 is 67.3 Å². The van der Waals surface area contributed by atoms with Gasteiger partial charge in [0.15, 0.2) is 23.6 Å². The van der Waals surface area contributed by atoms with Crippen molar-refractivity contribution in [3.8, 4) is 23.4 Å². The molecule has 2 fully saturated rings. The van der Waals surface area contributed by atoms with Crippen LogP contribution in [0.15, 0.2) is 58.6 Å². The van der Waals surface area contributed by atoms with Gasteiger partial charge < -0.3 is 20.7 Å². The number of nitrogens with one attached hydrogen (secondary N) is 1. The van der Waals surface area contributed by atoms with Gasteiger partial charge in [0.2, 0.25) is 17.5 Å². The van der Waals surface area contributed by atoms with E-state index in [1.807, 2.05) is 27.3 Å². The minimum absolute atomic E-state index is 0. The van der Waals surface area contributed by atoms with Crippen LogP contribution in [0.4, 0.5) is 26.3 Å². The second-order valence-corrected chi connectivity index (χ2v) is 21.5. The van der Waals surface area contributed by atoms with Crippen LogP contribution in [0.25, 0.3) is 11.6 Å². The van der Waals surface area contributed by atoms with Crippen molar-refractivity contribution in [2.75, 3.05) is 18.1 Å². The fraction of sp³-hybridized carbons (Fsp3) is 0.429. The van der Waals surface area contributed by atoms with E-state index in [0.29, 0.717) is 22.0 Å². The van der Waals surface area contributed by atoms with E-state index in [1.54, 1.807) is 51.3 Å². The number of ether oxygens (including phenoxy) is 2. The number of amides is 1.